The highest BCUT2D eigenvalue weighted by Crippen LogP contribution is 2.32. The second-order valence-electron chi connectivity index (χ2n) is 6.16. The standard InChI is InChI=1S/C21H18N4/c1-13-2-11-18-19(12-13)25-21(15-5-9-17(23)10-6-15)20(24-18)14-3-7-16(22)8-4-14/h2-12H,22-23H2,1H3. The van der Waals surface area contributed by atoms with Crippen molar-refractivity contribution in [1.29, 1.82) is 0 Å². The number of aryl methyl sites for hydroxylation is 1. The first-order valence-electron chi connectivity index (χ1n) is 8.10. The summed E-state index contributed by atoms with van der Waals surface area (Å²) in [5.74, 6) is 0. The van der Waals surface area contributed by atoms with Gasteiger partial charge in [-0.3, -0.25) is 0 Å². The van der Waals surface area contributed by atoms with Crippen LogP contribution in [-0.4, -0.2) is 9.97 Å². The molecule has 0 aliphatic heterocycles. The Morgan fingerprint density at radius 1 is 0.600 bits per heavy atom. The Labute approximate surface area is 146 Å². The second-order valence-corrected chi connectivity index (χ2v) is 6.16. The third-order valence-electron chi connectivity index (χ3n) is 4.19. The van der Waals surface area contributed by atoms with Crippen molar-refractivity contribution in [2.24, 2.45) is 0 Å². The number of hydrogen-bond donors (Lipinski definition) is 2. The van der Waals surface area contributed by atoms with Crippen molar-refractivity contribution in [3.8, 4) is 22.5 Å². The van der Waals surface area contributed by atoms with E-state index in [0.29, 0.717) is 0 Å². The first-order valence-corrected chi connectivity index (χ1v) is 8.10. The normalized spacial score (nSPS) is 10.9. The zero-order valence-corrected chi connectivity index (χ0v) is 13.9. The van der Waals surface area contributed by atoms with E-state index in [0.717, 1.165) is 50.5 Å². The SMILES string of the molecule is Cc1ccc2nc(-c3ccc(N)cc3)c(-c3ccc(N)cc3)nc2c1. The van der Waals surface area contributed by atoms with Gasteiger partial charge < -0.3 is 11.5 Å². The minimum Gasteiger partial charge on any atom is -0.399 e. The molecule has 1 aromatic heterocycles. The molecule has 1 heterocycles. The van der Waals surface area contributed by atoms with E-state index in [1.807, 2.05) is 60.7 Å². The molecule has 0 unspecified atom stereocenters. The third kappa shape index (κ3) is 2.90. The van der Waals surface area contributed by atoms with Crippen LogP contribution in [0.25, 0.3) is 33.5 Å². The Bertz CT molecular complexity index is 1050. The highest BCUT2D eigenvalue weighted by Gasteiger charge is 2.13. The number of nitrogens with zero attached hydrogens (tertiary/aromatic N) is 2. The molecule has 0 spiro atoms. The Kier molecular flexibility index (Phi) is 3.58. The van der Waals surface area contributed by atoms with Crippen LogP contribution in [0.4, 0.5) is 11.4 Å². The van der Waals surface area contributed by atoms with Gasteiger partial charge in [-0.15, -0.1) is 0 Å². The molecule has 4 N–H and O–H groups in total. The maximum Gasteiger partial charge on any atom is 0.0973 e. The number of fused-ring (bicyclic) bond motifs is 1. The molecule has 25 heavy (non-hydrogen) atoms. The van der Waals surface area contributed by atoms with Gasteiger partial charge in [0.2, 0.25) is 0 Å². The van der Waals surface area contributed by atoms with E-state index >= 15 is 0 Å². The smallest absolute Gasteiger partial charge is 0.0973 e. The largest absolute Gasteiger partial charge is 0.399 e. The van der Waals surface area contributed by atoms with Crippen LogP contribution in [0.1, 0.15) is 5.56 Å². The van der Waals surface area contributed by atoms with Crippen LogP contribution in [0, 0.1) is 6.92 Å². The quantitative estimate of drug-likeness (QED) is 0.534. The molecule has 0 aliphatic carbocycles. The molecular weight excluding hydrogens is 308 g/mol. The van der Waals surface area contributed by atoms with Gasteiger partial charge in [0.25, 0.3) is 0 Å². The Balaban J connectivity index is 2.01. The van der Waals surface area contributed by atoms with Crippen LogP contribution in [-0.2, 0) is 0 Å². The lowest BCUT2D eigenvalue weighted by molar-refractivity contribution is 1.28. The zero-order valence-electron chi connectivity index (χ0n) is 13.9. The molecule has 0 atom stereocenters. The van der Waals surface area contributed by atoms with E-state index in [1.54, 1.807) is 0 Å². The van der Waals surface area contributed by atoms with Gasteiger partial charge in [-0.1, -0.05) is 30.3 Å². The van der Waals surface area contributed by atoms with Gasteiger partial charge in [0, 0.05) is 22.5 Å². The van der Waals surface area contributed by atoms with Crippen molar-refractivity contribution in [3.63, 3.8) is 0 Å². The maximum atomic E-state index is 5.83. The van der Waals surface area contributed by atoms with Crippen molar-refractivity contribution >= 4 is 22.4 Å². The molecule has 4 aromatic rings. The fourth-order valence-corrected chi connectivity index (χ4v) is 2.85. The summed E-state index contributed by atoms with van der Waals surface area (Å²) in [5, 5.41) is 0. The minimum atomic E-state index is 0.724. The lowest BCUT2D eigenvalue weighted by atomic mass is 10.0. The highest BCUT2D eigenvalue weighted by molar-refractivity contribution is 5.86. The first-order chi connectivity index (χ1) is 12.1. The molecule has 0 saturated carbocycles. The van der Waals surface area contributed by atoms with E-state index in [-0.39, 0.29) is 0 Å². The van der Waals surface area contributed by atoms with Crippen LogP contribution in [0.5, 0.6) is 0 Å². The Morgan fingerprint density at radius 2 is 1.08 bits per heavy atom. The maximum absolute atomic E-state index is 5.83. The number of benzene rings is 3. The van der Waals surface area contributed by atoms with Gasteiger partial charge in [0.15, 0.2) is 0 Å². The van der Waals surface area contributed by atoms with Gasteiger partial charge in [-0.05, 0) is 48.9 Å². The van der Waals surface area contributed by atoms with Crippen molar-refractivity contribution in [1.82, 2.24) is 9.97 Å². The predicted molar refractivity (Wildman–Crippen MR) is 104 cm³/mol. The van der Waals surface area contributed by atoms with Crippen molar-refractivity contribution in [2.75, 3.05) is 11.5 Å². The lowest BCUT2D eigenvalue weighted by Crippen LogP contribution is -1.96. The minimum absolute atomic E-state index is 0.724. The molecule has 0 fully saturated rings. The summed E-state index contributed by atoms with van der Waals surface area (Å²) in [5.41, 5.74) is 19.7. The molecule has 0 bridgehead atoms. The van der Waals surface area contributed by atoms with Crippen molar-refractivity contribution in [2.45, 2.75) is 6.92 Å². The van der Waals surface area contributed by atoms with Crippen LogP contribution < -0.4 is 11.5 Å². The Hall–Kier alpha value is -3.40. The summed E-state index contributed by atoms with van der Waals surface area (Å²) >= 11 is 0. The fraction of sp³-hybridized carbons (Fsp3) is 0.0476. The van der Waals surface area contributed by atoms with Gasteiger partial charge in [0.1, 0.15) is 0 Å². The lowest BCUT2D eigenvalue weighted by Gasteiger charge is -2.11. The van der Waals surface area contributed by atoms with E-state index < -0.39 is 0 Å². The summed E-state index contributed by atoms with van der Waals surface area (Å²) in [4.78, 5) is 9.78. The van der Waals surface area contributed by atoms with E-state index in [9.17, 15) is 0 Å². The molecule has 4 nitrogen and oxygen atoms in total. The average Bonchev–Trinajstić information content (AvgIpc) is 2.62. The van der Waals surface area contributed by atoms with Crippen LogP contribution in [0.2, 0.25) is 0 Å². The monoisotopic (exact) mass is 326 g/mol. The molecule has 0 radical (unpaired) electrons. The molecule has 0 saturated heterocycles. The van der Waals surface area contributed by atoms with Crippen molar-refractivity contribution in [3.05, 3.63) is 72.3 Å². The van der Waals surface area contributed by atoms with Gasteiger partial charge in [-0.2, -0.15) is 0 Å². The second kappa shape index (κ2) is 5.91. The van der Waals surface area contributed by atoms with Gasteiger partial charge in [0.05, 0.1) is 22.4 Å². The van der Waals surface area contributed by atoms with Crippen molar-refractivity contribution < 1.29 is 0 Å². The van der Waals surface area contributed by atoms with Crippen LogP contribution >= 0.6 is 0 Å². The van der Waals surface area contributed by atoms with E-state index in [2.05, 4.69) is 13.0 Å². The number of aromatic nitrogens is 2. The zero-order chi connectivity index (χ0) is 17.4. The van der Waals surface area contributed by atoms with Gasteiger partial charge >= 0.3 is 0 Å². The molecule has 0 amide bonds. The summed E-state index contributed by atoms with van der Waals surface area (Å²) in [6.07, 6.45) is 0. The fourth-order valence-electron chi connectivity index (χ4n) is 2.85. The topological polar surface area (TPSA) is 77.8 Å². The van der Waals surface area contributed by atoms with E-state index in [4.69, 9.17) is 21.4 Å². The molecule has 0 aliphatic rings. The Morgan fingerprint density at radius 3 is 1.60 bits per heavy atom. The van der Waals surface area contributed by atoms with Gasteiger partial charge in [-0.25, -0.2) is 9.97 Å². The van der Waals surface area contributed by atoms with Crippen LogP contribution in [0.3, 0.4) is 0 Å². The summed E-state index contributed by atoms with van der Waals surface area (Å²) < 4.78 is 0. The molecule has 3 aromatic carbocycles. The molecule has 4 rings (SSSR count). The number of nitrogen functional groups attached to an aromatic ring is 2. The summed E-state index contributed by atoms with van der Waals surface area (Å²) in [6, 6.07) is 21.5. The first kappa shape index (κ1) is 15.1. The summed E-state index contributed by atoms with van der Waals surface area (Å²) in [6.45, 7) is 2.05. The number of hydrogen-bond acceptors (Lipinski definition) is 4. The third-order valence-corrected chi connectivity index (χ3v) is 4.19. The summed E-state index contributed by atoms with van der Waals surface area (Å²) in [7, 11) is 0. The highest BCUT2D eigenvalue weighted by atomic mass is 14.8. The number of rotatable bonds is 2. The number of anilines is 2. The predicted octanol–water partition coefficient (Wildman–Crippen LogP) is 4.44. The van der Waals surface area contributed by atoms with Crippen LogP contribution in [0.15, 0.2) is 66.7 Å². The van der Waals surface area contributed by atoms with E-state index in [1.165, 1.54) is 0 Å². The number of nitrogens with two attached hydrogens (primary N) is 2. The average molecular weight is 326 g/mol. The molecular formula is C21H18N4. The molecule has 4 heteroatoms. The molecule has 122 valence electrons.